The first-order chi connectivity index (χ1) is 3.89. The second-order valence-corrected chi connectivity index (χ2v) is 3.69. The zero-order chi connectivity index (χ0) is 5.56. The molecule has 3 atom stereocenters. The lowest BCUT2D eigenvalue weighted by Gasteiger charge is -2.07. The molecule has 0 radical (unpaired) electrons. The lowest BCUT2D eigenvalue weighted by Crippen LogP contribution is -2.06. The van der Waals surface area contributed by atoms with Crippen LogP contribution >= 0.6 is 15.9 Å². The number of ether oxygens (including phenoxy) is 1. The van der Waals surface area contributed by atoms with Crippen molar-refractivity contribution in [2.75, 3.05) is 13.2 Å². The third kappa shape index (κ3) is 0.627. The van der Waals surface area contributed by atoms with Crippen molar-refractivity contribution in [1.82, 2.24) is 0 Å². The van der Waals surface area contributed by atoms with E-state index in [1.165, 1.54) is 6.42 Å². The summed E-state index contributed by atoms with van der Waals surface area (Å²) in [5.41, 5.74) is 0. The summed E-state index contributed by atoms with van der Waals surface area (Å²) >= 11 is 3.60. The first-order valence-electron chi connectivity index (χ1n) is 3.11. The quantitative estimate of drug-likeness (QED) is 0.508. The molecule has 2 rings (SSSR count). The average Bonchev–Trinajstić information content (AvgIpc) is 2.46. The van der Waals surface area contributed by atoms with Gasteiger partial charge in [0.05, 0.1) is 6.61 Å². The molecule has 2 aliphatic rings. The maximum Gasteiger partial charge on any atom is 0.0508 e. The van der Waals surface area contributed by atoms with Gasteiger partial charge in [0.15, 0.2) is 0 Å². The van der Waals surface area contributed by atoms with Crippen molar-refractivity contribution in [3.63, 3.8) is 0 Å². The molecular weight excluding hydrogens is 168 g/mol. The van der Waals surface area contributed by atoms with Gasteiger partial charge in [-0.15, -0.1) is 0 Å². The van der Waals surface area contributed by atoms with Crippen LogP contribution in [0.15, 0.2) is 0 Å². The second-order valence-electron chi connectivity index (χ2n) is 2.64. The SMILES string of the molecule is Br[C@H]1[C@H]2COCC[C@@H]12. The van der Waals surface area contributed by atoms with E-state index in [0.29, 0.717) is 0 Å². The number of hydrogen-bond donors (Lipinski definition) is 0. The highest BCUT2D eigenvalue weighted by atomic mass is 79.9. The minimum absolute atomic E-state index is 0.796. The van der Waals surface area contributed by atoms with Gasteiger partial charge in [-0.2, -0.15) is 0 Å². The predicted octanol–water partition coefficient (Wildman–Crippen LogP) is 1.42. The molecule has 2 fully saturated rings. The van der Waals surface area contributed by atoms with Gasteiger partial charge < -0.3 is 4.74 Å². The van der Waals surface area contributed by atoms with E-state index in [4.69, 9.17) is 4.74 Å². The van der Waals surface area contributed by atoms with E-state index in [9.17, 15) is 0 Å². The Morgan fingerprint density at radius 2 is 2.25 bits per heavy atom. The Hall–Kier alpha value is 0.440. The average molecular weight is 177 g/mol. The van der Waals surface area contributed by atoms with E-state index in [2.05, 4.69) is 15.9 Å². The van der Waals surface area contributed by atoms with Gasteiger partial charge in [-0.25, -0.2) is 0 Å². The third-order valence-corrected chi connectivity index (χ3v) is 3.49. The van der Waals surface area contributed by atoms with Crippen molar-refractivity contribution in [3.05, 3.63) is 0 Å². The summed E-state index contributed by atoms with van der Waals surface area (Å²) in [5.74, 6) is 1.83. The molecule has 2 heteroatoms. The fraction of sp³-hybridized carbons (Fsp3) is 1.00. The van der Waals surface area contributed by atoms with E-state index in [0.717, 1.165) is 29.9 Å². The van der Waals surface area contributed by atoms with Crippen LogP contribution in [0.5, 0.6) is 0 Å². The Labute approximate surface area is 57.5 Å². The summed E-state index contributed by atoms with van der Waals surface area (Å²) in [6.45, 7) is 1.99. The van der Waals surface area contributed by atoms with Crippen molar-refractivity contribution >= 4 is 15.9 Å². The second kappa shape index (κ2) is 1.71. The van der Waals surface area contributed by atoms with Crippen LogP contribution in [-0.2, 0) is 4.74 Å². The smallest absolute Gasteiger partial charge is 0.0508 e. The van der Waals surface area contributed by atoms with Gasteiger partial charge in [0, 0.05) is 11.4 Å². The first-order valence-corrected chi connectivity index (χ1v) is 4.03. The van der Waals surface area contributed by atoms with Crippen molar-refractivity contribution in [2.24, 2.45) is 11.8 Å². The Morgan fingerprint density at radius 3 is 2.75 bits per heavy atom. The van der Waals surface area contributed by atoms with Crippen molar-refractivity contribution < 1.29 is 4.74 Å². The lowest BCUT2D eigenvalue weighted by atomic mass is 10.2. The summed E-state index contributed by atoms with van der Waals surface area (Å²) < 4.78 is 5.26. The van der Waals surface area contributed by atoms with Crippen LogP contribution in [0.2, 0.25) is 0 Å². The minimum atomic E-state index is 0.796. The largest absolute Gasteiger partial charge is 0.381 e. The van der Waals surface area contributed by atoms with Gasteiger partial charge in [-0.1, -0.05) is 15.9 Å². The standard InChI is InChI=1S/C6H9BrO/c7-6-4-1-2-8-3-5(4)6/h4-6H,1-3H2/t4-,5+,6-/m1/s1. The van der Waals surface area contributed by atoms with Crippen LogP contribution in [0.25, 0.3) is 0 Å². The molecule has 1 heterocycles. The fourth-order valence-electron chi connectivity index (χ4n) is 1.43. The van der Waals surface area contributed by atoms with E-state index in [1.54, 1.807) is 0 Å². The van der Waals surface area contributed by atoms with Gasteiger partial charge in [0.1, 0.15) is 0 Å². The van der Waals surface area contributed by atoms with E-state index < -0.39 is 0 Å². The Bertz CT molecular complexity index is 92.7. The third-order valence-electron chi connectivity index (χ3n) is 2.13. The summed E-state index contributed by atoms with van der Waals surface area (Å²) in [4.78, 5) is 0.796. The molecule has 1 nitrogen and oxygen atoms in total. The molecule has 46 valence electrons. The normalized spacial score (nSPS) is 52.9. The highest BCUT2D eigenvalue weighted by Crippen LogP contribution is 2.49. The van der Waals surface area contributed by atoms with Crippen LogP contribution < -0.4 is 0 Å². The Morgan fingerprint density at radius 1 is 1.38 bits per heavy atom. The number of hydrogen-bond acceptors (Lipinski definition) is 1. The molecule has 0 aromatic rings. The van der Waals surface area contributed by atoms with Gasteiger partial charge >= 0.3 is 0 Å². The molecule has 0 amide bonds. The van der Waals surface area contributed by atoms with Crippen LogP contribution in [0.3, 0.4) is 0 Å². The first kappa shape index (κ1) is 5.24. The van der Waals surface area contributed by atoms with Gasteiger partial charge in [-0.3, -0.25) is 0 Å². The van der Waals surface area contributed by atoms with E-state index >= 15 is 0 Å². The molecule has 0 unspecified atom stereocenters. The molecule has 1 saturated heterocycles. The fourth-order valence-corrected chi connectivity index (χ4v) is 2.45. The molecule has 0 aromatic heterocycles. The van der Waals surface area contributed by atoms with Crippen molar-refractivity contribution in [1.29, 1.82) is 0 Å². The number of rotatable bonds is 0. The zero-order valence-corrected chi connectivity index (χ0v) is 6.23. The van der Waals surface area contributed by atoms with E-state index in [-0.39, 0.29) is 0 Å². The van der Waals surface area contributed by atoms with Gasteiger partial charge in [0.25, 0.3) is 0 Å². The number of halogens is 1. The summed E-state index contributed by atoms with van der Waals surface area (Å²) in [6, 6.07) is 0. The maximum atomic E-state index is 5.26. The summed E-state index contributed by atoms with van der Waals surface area (Å²) in [5, 5.41) is 0. The van der Waals surface area contributed by atoms with Gasteiger partial charge in [-0.05, 0) is 18.3 Å². The zero-order valence-electron chi connectivity index (χ0n) is 4.64. The van der Waals surface area contributed by atoms with Crippen LogP contribution in [0.1, 0.15) is 6.42 Å². The van der Waals surface area contributed by atoms with Crippen LogP contribution in [0.4, 0.5) is 0 Å². The molecule has 0 bridgehead atoms. The molecule has 1 aliphatic heterocycles. The molecular formula is C6H9BrO. The minimum Gasteiger partial charge on any atom is -0.381 e. The Kier molecular flexibility index (Phi) is 1.12. The monoisotopic (exact) mass is 176 g/mol. The highest BCUT2D eigenvalue weighted by Gasteiger charge is 2.49. The molecule has 1 saturated carbocycles. The van der Waals surface area contributed by atoms with Gasteiger partial charge in [0.2, 0.25) is 0 Å². The van der Waals surface area contributed by atoms with Crippen LogP contribution in [0, 0.1) is 11.8 Å². The van der Waals surface area contributed by atoms with Crippen molar-refractivity contribution in [3.8, 4) is 0 Å². The van der Waals surface area contributed by atoms with E-state index in [1.807, 2.05) is 0 Å². The molecule has 0 N–H and O–H groups in total. The van der Waals surface area contributed by atoms with Crippen LogP contribution in [-0.4, -0.2) is 18.0 Å². The summed E-state index contributed by atoms with van der Waals surface area (Å²) in [7, 11) is 0. The maximum absolute atomic E-state index is 5.26. The number of fused-ring (bicyclic) bond motifs is 1. The summed E-state index contributed by atoms with van der Waals surface area (Å²) in [6.07, 6.45) is 1.28. The molecule has 1 aliphatic carbocycles. The molecule has 0 aromatic carbocycles. The Balaban J connectivity index is 1.97. The highest BCUT2D eigenvalue weighted by molar-refractivity contribution is 9.09. The number of alkyl halides is 1. The lowest BCUT2D eigenvalue weighted by molar-refractivity contribution is 0.0890. The molecule has 0 spiro atoms. The van der Waals surface area contributed by atoms with Crippen molar-refractivity contribution in [2.45, 2.75) is 11.2 Å². The molecule has 8 heavy (non-hydrogen) atoms. The predicted molar refractivity (Wildman–Crippen MR) is 35.1 cm³/mol. The topological polar surface area (TPSA) is 9.23 Å².